The SMILES string of the molecule is COC(=O)CC(=O)C(=O)c1cc(C)c(C)cc1OC. The van der Waals surface area contributed by atoms with Gasteiger partial charge in [-0.2, -0.15) is 0 Å². The highest BCUT2D eigenvalue weighted by Crippen LogP contribution is 2.24. The molecular weight excluding hydrogens is 248 g/mol. The molecule has 0 aromatic heterocycles. The van der Waals surface area contributed by atoms with Gasteiger partial charge in [-0.15, -0.1) is 0 Å². The Morgan fingerprint density at radius 3 is 2.16 bits per heavy atom. The first-order chi connectivity index (χ1) is 8.90. The van der Waals surface area contributed by atoms with Crippen molar-refractivity contribution in [1.29, 1.82) is 0 Å². The molecule has 0 saturated carbocycles. The van der Waals surface area contributed by atoms with Crippen LogP contribution in [0.15, 0.2) is 12.1 Å². The maximum absolute atomic E-state index is 12.0. The first-order valence-corrected chi connectivity index (χ1v) is 5.70. The number of benzene rings is 1. The quantitative estimate of drug-likeness (QED) is 0.350. The highest BCUT2D eigenvalue weighted by molar-refractivity contribution is 6.46. The van der Waals surface area contributed by atoms with E-state index in [0.29, 0.717) is 5.75 Å². The number of hydrogen-bond donors (Lipinski definition) is 0. The Kier molecular flexibility index (Phi) is 4.80. The average Bonchev–Trinajstić information content (AvgIpc) is 2.40. The van der Waals surface area contributed by atoms with Gasteiger partial charge in [0.25, 0.3) is 0 Å². The maximum atomic E-state index is 12.0. The van der Waals surface area contributed by atoms with E-state index in [1.807, 2.05) is 13.8 Å². The zero-order valence-electron chi connectivity index (χ0n) is 11.4. The van der Waals surface area contributed by atoms with Gasteiger partial charge < -0.3 is 9.47 Å². The van der Waals surface area contributed by atoms with Gasteiger partial charge >= 0.3 is 5.97 Å². The van der Waals surface area contributed by atoms with Gasteiger partial charge in [-0.1, -0.05) is 0 Å². The smallest absolute Gasteiger partial charge is 0.313 e. The minimum Gasteiger partial charge on any atom is -0.496 e. The Hall–Kier alpha value is -2.17. The monoisotopic (exact) mass is 264 g/mol. The second-order valence-electron chi connectivity index (χ2n) is 4.14. The minimum absolute atomic E-state index is 0.166. The number of aryl methyl sites for hydroxylation is 2. The van der Waals surface area contributed by atoms with Crippen LogP contribution in [-0.4, -0.2) is 31.8 Å². The lowest BCUT2D eigenvalue weighted by Crippen LogP contribution is -2.19. The fraction of sp³-hybridized carbons (Fsp3) is 0.357. The van der Waals surface area contributed by atoms with E-state index in [1.54, 1.807) is 12.1 Å². The number of rotatable bonds is 5. The second kappa shape index (κ2) is 6.13. The van der Waals surface area contributed by atoms with E-state index in [4.69, 9.17) is 4.74 Å². The average molecular weight is 264 g/mol. The van der Waals surface area contributed by atoms with E-state index in [2.05, 4.69) is 4.74 Å². The summed E-state index contributed by atoms with van der Waals surface area (Å²) in [5.74, 6) is -1.97. The molecule has 0 spiro atoms. The molecule has 0 atom stereocenters. The Morgan fingerprint density at radius 2 is 1.63 bits per heavy atom. The minimum atomic E-state index is -0.812. The third-order valence-electron chi connectivity index (χ3n) is 2.85. The molecular formula is C14H16O5. The Bertz CT molecular complexity index is 531. The van der Waals surface area contributed by atoms with Crippen molar-refractivity contribution in [3.63, 3.8) is 0 Å². The summed E-state index contributed by atoms with van der Waals surface area (Å²) in [5, 5.41) is 0. The lowest BCUT2D eigenvalue weighted by Gasteiger charge is -2.10. The zero-order chi connectivity index (χ0) is 14.6. The summed E-state index contributed by atoms with van der Waals surface area (Å²) < 4.78 is 9.46. The molecule has 0 saturated heterocycles. The van der Waals surface area contributed by atoms with Crippen LogP contribution in [0.25, 0.3) is 0 Å². The predicted molar refractivity (Wildman–Crippen MR) is 68.4 cm³/mol. The van der Waals surface area contributed by atoms with E-state index in [-0.39, 0.29) is 5.56 Å². The van der Waals surface area contributed by atoms with Crippen molar-refractivity contribution >= 4 is 17.5 Å². The van der Waals surface area contributed by atoms with Crippen LogP contribution in [0.1, 0.15) is 27.9 Å². The van der Waals surface area contributed by atoms with Crippen molar-refractivity contribution in [3.8, 4) is 5.75 Å². The molecule has 0 radical (unpaired) electrons. The molecule has 0 aliphatic carbocycles. The summed E-state index contributed by atoms with van der Waals surface area (Å²) in [5.41, 5.74) is 1.99. The molecule has 19 heavy (non-hydrogen) atoms. The van der Waals surface area contributed by atoms with Gasteiger partial charge in [0.2, 0.25) is 11.6 Å². The summed E-state index contributed by atoms with van der Waals surface area (Å²) in [6.45, 7) is 3.71. The van der Waals surface area contributed by atoms with Crippen molar-refractivity contribution in [3.05, 3.63) is 28.8 Å². The number of hydrogen-bond acceptors (Lipinski definition) is 5. The molecule has 102 valence electrons. The van der Waals surface area contributed by atoms with Gasteiger partial charge in [-0.3, -0.25) is 14.4 Å². The molecule has 0 N–H and O–H groups in total. The second-order valence-corrected chi connectivity index (χ2v) is 4.14. The third-order valence-corrected chi connectivity index (χ3v) is 2.85. The van der Waals surface area contributed by atoms with E-state index >= 15 is 0 Å². The highest BCUT2D eigenvalue weighted by atomic mass is 16.5. The first-order valence-electron chi connectivity index (χ1n) is 5.70. The van der Waals surface area contributed by atoms with Crippen LogP contribution in [0.4, 0.5) is 0 Å². The molecule has 0 aliphatic rings. The third kappa shape index (κ3) is 3.40. The van der Waals surface area contributed by atoms with Gasteiger partial charge in [0, 0.05) is 0 Å². The predicted octanol–water partition coefficient (Wildman–Crippen LogP) is 1.63. The van der Waals surface area contributed by atoms with Crippen LogP contribution in [-0.2, 0) is 14.3 Å². The molecule has 1 aromatic carbocycles. The van der Waals surface area contributed by atoms with Gasteiger partial charge in [0.15, 0.2) is 0 Å². The van der Waals surface area contributed by atoms with E-state index < -0.39 is 24.0 Å². The highest BCUT2D eigenvalue weighted by Gasteiger charge is 2.23. The lowest BCUT2D eigenvalue weighted by atomic mass is 9.99. The van der Waals surface area contributed by atoms with E-state index in [1.165, 1.54) is 7.11 Å². The van der Waals surface area contributed by atoms with Crippen molar-refractivity contribution in [2.24, 2.45) is 0 Å². The topological polar surface area (TPSA) is 69.7 Å². The maximum Gasteiger partial charge on any atom is 0.313 e. The number of Topliss-reactive ketones (excluding diaryl/α,β-unsaturated/α-hetero) is 2. The Morgan fingerprint density at radius 1 is 1.05 bits per heavy atom. The molecule has 0 amide bonds. The van der Waals surface area contributed by atoms with Crippen LogP contribution in [0.5, 0.6) is 5.75 Å². The van der Waals surface area contributed by atoms with Crippen LogP contribution < -0.4 is 4.74 Å². The van der Waals surface area contributed by atoms with Gasteiger partial charge in [0.1, 0.15) is 12.2 Å². The molecule has 5 heteroatoms. The summed E-state index contributed by atoms with van der Waals surface area (Å²) in [6, 6.07) is 3.28. The lowest BCUT2D eigenvalue weighted by molar-refractivity contribution is -0.142. The largest absolute Gasteiger partial charge is 0.496 e. The van der Waals surface area contributed by atoms with Crippen LogP contribution >= 0.6 is 0 Å². The van der Waals surface area contributed by atoms with Crippen LogP contribution in [0.2, 0.25) is 0 Å². The summed E-state index contributed by atoms with van der Waals surface area (Å²) >= 11 is 0. The van der Waals surface area contributed by atoms with Crippen molar-refractivity contribution in [2.75, 3.05) is 14.2 Å². The molecule has 0 heterocycles. The van der Waals surface area contributed by atoms with Crippen molar-refractivity contribution in [1.82, 2.24) is 0 Å². The van der Waals surface area contributed by atoms with Gasteiger partial charge in [-0.05, 0) is 37.1 Å². The Labute approximate surface area is 111 Å². The number of ketones is 2. The number of carbonyl (C=O) groups excluding carboxylic acids is 3. The van der Waals surface area contributed by atoms with E-state index in [0.717, 1.165) is 18.2 Å². The zero-order valence-corrected chi connectivity index (χ0v) is 11.4. The van der Waals surface area contributed by atoms with Crippen LogP contribution in [0.3, 0.4) is 0 Å². The Balaban J connectivity index is 3.08. The summed E-state index contributed by atoms with van der Waals surface area (Å²) in [7, 11) is 2.59. The molecule has 1 rings (SSSR count). The molecule has 0 unspecified atom stereocenters. The standard InChI is InChI=1S/C14H16O5/c1-8-5-10(12(18-3)6-9(8)2)14(17)11(15)7-13(16)19-4/h5-6H,7H2,1-4H3. The van der Waals surface area contributed by atoms with Gasteiger partial charge in [0.05, 0.1) is 19.8 Å². The van der Waals surface area contributed by atoms with Crippen molar-refractivity contribution in [2.45, 2.75) is 20.3 Å². The number of methoxy groups -OCH3 is 2. The molecule has 0 aliphatic heterocycles. The molecule has 5 nitrogen and oxygen atoms in total. The molecule has 1 aromatic rings. The molecule has 0 bridgehead atoms. The normalized spacial score (nSPS) is 9.89. The number of carbonyl (C=O) groups is 3. The molecule has 0 fully saturated rings. The van der Waals surface area contributed by atoms with E-state index in [9.17, 15) is 14.4 Å². The number of ether oxygens (including phenoxy) is 2. The fourth-order valence-corrected chi connectivity index (χ4v) is 1.57. The summed E-state index contributed by atoms with van der Waals surface area (Å²) in [4.78, 5) is 34.7. The summed E-state index contributed by atoms with van der Waals surface area (Å²) in [6.07, 6.45) is -0.564. The number of esters is 1. The van der Waals surface area contributed by atoms with Crippen LogP contribution in [0, 0.1) is 13.8 Å². The fourth-order valence-electron chi connectivity index (χ4n) is 1.57. The van der Waals surface area contributed by atoms with Gasteiger partial charge in [-0.25, -0.2) is 0 Å². The van der Waals surface area contributed by atoms with Crippen molar-refractivity contribution < 1.29 is 23.9 Å². The first kappa shape index (κ1) is 14.9.